The lowest BCUT2D eigenvalue weighted by Crippen LogP contribution is -2.42. The van der Waals surface area contributed by atoms with Gasteiger partial charge in [-0.05, 0) is 19.3 Å². The number of aliphatic hydroxyl groups is 1. The molecule has 0 aromatic carbocycles. The van der Waals surface area contributed by atoms with Crippen molar-refractivity contribution in [1.29, 1.82) is 0 Å². The van der Waals surface area contributed by atoms with E-state index in [4.69, 9.17) is 10.2 Å². The average Bonchev–Trinajstić information content (AvgIpc) is 2.85. The highest BCUT2D eigenvalue weighted by molar-refractivity contribution is 5.78. The van der Waals surface area contributed by atoms with Crippen LogP contribution in [0.2, 0.25) is 0 Å². The summed E-state index contributed by atoms with van der Waals surface area (Å²) >= 11 is 0. The minimum absolute atomic E-state index is 0.0160. The Hall–Kier alpha value is -1.14. The lowest BCUT2D eigenvalue weighted by atomic mass is 10.2. The van der Waals surface area contributed by atoms with Crippen molar-refractivity contribution in [2.24, 2.45) is 0 Å². The maximum atomic E-state index is 11.9. The van der Waals surface area contributed by atoms with E-state index in [0.717, 1.165) is 25.7 Å². The van der Waals surface area contributed by atoms with Crippen LogP contribution in [0.3, 0.4) is 0 Å². The lowest BCUT2D eigenvalue weighted by molar-refractivity contribution is -0.137. The second-order valence-electron chi connectivity index (χ2n) is 5.05. The maximum Gasteiger partial charge on any atom is 0.304 e. The Morgan fingerprint density at radius 3 is 2.47 bits per heavy atom. The summed E-state index contributed by atoms with van der Waals surface area (Å²) < 4.78 is 0. The van der Waals surface area contributed by atoms with Gasteiger partial charge in [0.1, 0.15) is 0 Å². The second-order valence-corrected chi connectivity index (χ2v) is 5.05. The van der Waals surface area contributed by atoms with Crippen molar-refractivity contribution in [3.8, 4) is 0 Å². The Balaban J connectivity index is 2.31. The number of hydrogen-bond donors (Lipinski definition) is 3. The van der Waals surface area contributed by atoms with Gasteiger partial charge >= 0.3 is 5.97 Å². The SMILES string of the molecule is O=C(O)CCN(CCCO)CC(=O)NC1CCCC1. The Labute approximate surface area is 113 Å². The van der Waals surface area contributed by atoms with E-state index in [1.807, 2.05) is 0 Å². The van der Waals surface area contributed by atoms with Gasteiger partial charge in [-0.2, -0.15) is 0 Å². The summed E-state index contributed by atoms with van der Waals surface area (Å²) in [7, 11) is 0. The number of carboxylic acids is 1. The predicted octanol–water partition coefficient (Wildman–Crippen LogP) is 0.204. The molecule has 0 aromatic heterocycles. The van der Waals surface area contributed by atoms with E-state index in [9.17, 15) is 9.59 Å². The zero-order valence-corrected chi connectivity index (χ0v) is 11.3. The molecule has 3 N–H and O–H groups in total. The first kappa shape index (κ1) is 15.9. The molecule has 1 aliphatic carbocycles. The molecule has 0 spiro atoms. The smallest absolute Gasteiger partial charge is 0.304 e. The van der Waals surface area contributed by atoms with Crippen molar-refractivity contribution in [3.05, 3.63) is 0 Å². The third kappa shape index (κ3) is 7.12. The molecular formula is C13H24N2O4. The monoisotopic (exact) mass is 272 g/mol. The largest absolute Gasteiger partial charge is 0.481 e. The average molecular weight is 272 g/mol. The third-order valence-corrected chi connectivity index (χ3v) is 3.36. The molecule has 0 unspecified atom stereocenters. The summed E-state index contributed by atoms with van der Waals surface area (Å²) in [5.41, 5.74) is 0. The van der Waals surface area contributed by atoms with Crippen LogP contribution in [0.15, 0.2) is 0 Å². The highest BCUT2D eigenvalue weighted by Crippen LogP contribution is 2.17. The van der Waals surface area contributed by atoms with Gasteiger partial charge in [0.2, 0.25) is 5.91 Å². The van der Waals surface area contributed by atoms with Gasteiger partial charge in [0, 0.05) is 25.7 Å². The molecule has 110 valence electrons. The number of amides is 1. The predicted molar refractivity (Wildman–Crippen MR) is 70.8 cm³/mol. The van der Waals surface area contributed by atoms with Gasteiger partial charge in [0.05, 0.1) is 13.0 Å². The minimum Gasteiger partial charge on any atom is -0.481 e. The second kappa shape index (κ2) is 8.87. The fourth-order valence-electron chi connectivity index (χ4n) is 2.36. The van der Waals surface area contributed by atoms with E-state index >= 15 is 0 Å². The van der Waals surface area contributed by atoms with E-state index in [2.05, 4.69) is 5.32 Å². The summed E-state index contributed by atoms with van der Waals surface area (Å²) in [5, 5.41) is 20.5. The van der Waals surface area contributed by atoms with Crippen molar-refractivity contribution >= 4 is 11.9 Å². The molecule has 0 heterocycles. The first-order valence-corrected chi connectivity index (χ1v) is 6.96. The van der Waals surface area contributed by atoms with Crippen LogP contribution in [0, 0.1) is 0 Å². The number of nitrogens with one attached hydrogen (secondary N) is 1. The van der Waals surface area contributed by atoms with Gasteiger partial charge in [-0.15, -0.1) is 0 Å². The van der Waals surface area contributed by atoms with Crippen LogP contribution in [0.5, 0.6) is 0 Å². The lowest BCUT2D eigenvalue weighted by Gasteiger charge is -2.21. The van der Waals surface area contributed by atoms with Crippen molar-refractivity contribution < 1.29 is 19.8 Å². The molecule has 6 heteroatoms. The van der Waals surface area contributed by atoms with Crippen LogP contribution in [0.25, 0.3) is 0 Å². The topological polar surface area (TPSA) is 89.9 Å². The summed E-state index contributed by atoms with van der Waals surface area (Å²) in [6.07, 6.45) is 4.98. The third-order valence-electron chi connectivity index (χ3n) is 3.36. The molecule has 6 nitrogen and oxygen atoms in total. The van der Waals surface area contributed by atoms with Gasteiger partial charge in [0.15, 0.2) is 0 Å². The van der Waals surface area contributed by atoms with Crippen LogP contribution >= 0.6 is 0 Å². The van der Waals surface area contributed by atoms with Gasteiger partial charge in [-0.1, -0.05) is 12.8 Å². The standard InChI is InChI=1S/C13H24N2O4/c16-9-3-7-15(8-6-13(18)19)10-12(17)14-11-4-1-2-5-11/h11,16H,1-10H2,(H,14,17)(H,18,19). The molecule has 1 rings (SSSR count). The quantitative estimate of drug-likeness (QED) is 0.558. The number of carbonyl (C=O) groups is 2. The molecule has 19 heavy (non-hydrogen) atoms. The van der Waals surface area contributed by atoms with Crippen molar-refractivity contribution in [1.82, 2.24) is 10.2 Å². The Kier molecular flexibility index (Phi) is 7.43. The van der Waals surface area contributed by atoms with Crippen molar-refractivity contribution in [2.45, 2.75) is 44.6 Å². The van der Waals surface area contributed by atoms with Gasteiger partial charge in [-0.3, -0.25) is 14.5 Å². The number of hydrogen-bond acceptors (Lipinski definition) is 4. The van der Waals surface area contributed by atoms with E-state index in [-0.39, 0.29) is 31.5 Å². The van der Waals surface area contributed by atoms with Crippen LogP contribution in [-0.2, 0) is 9.59 Å². The van der Waals surface area contributed by atoms with E-state index < -0.39 is 5.97 Å². The van der Waals surface area contributed by atoms with E-state index in [1.54, 1.807) is 4.90 Å². The zero-order valence-electron chi connectivity index (χ0n) is 11.3. The molecular weight excluding hydrogens is 248 g/mol. The van der Waals surface area contributed by atoms with Gasteiger partial charge in [-0.25, -0.2) is 0 Å². The van der Waals surface area contributed by atoms with E-state index in [0.29, 0.717) is 19.5 Å². The van der Waals surface area contributed by atoms with Crippen LogP contribution in [-0.4, -0.2) is 59.3 Å². The van der Waals surface area contributed by atoms with Crippen LogP contribution in [0.1, 0.15) is 38.5 Å². The molecule has 0 aromatic rings. The Morgan fingerprint density at radius 1 is 1.21 bits per heavy atom. The highest BCUT2D eigenvalue weighted by atomic mass is 16.4. The summed E-state index contributed by atoms with van der Waals surface area (Å²) in [5.74, 6) is -0.916. The molecule has 1 amide bonds. The fourth-order valence-corrected chi connectivity index (χ4v) is 2.36. The van der Waals surface area contributed by atoms with Crippen LogP contribution in [0.4, 0.5) is 0 Å². The van der Waals surface area contributed by atoms with E-state index in [1.165, 1.54) is 0 Å². The number of aliphatic carboxylic acids is 1. The Morgan fingerprint density at radius 2 is 1.89 bits per heavy atom. The maximum absolute atomic E-state index is 11.9. The molecule has 0 saturated heterocycles. The number of aliphatic hydroxyl groups excluding tert-OH is 1. The summed E-state index contributed by atoms with van der Waals surface area (Å²) in [4.78, 5) is 24.2. The summed E-state index contributed by atoms with van der Waals surface area (Å²) in [6.45, 7) is 1.15. The van der Waals surface area contributed by atoms with Gasteiger partial charge < -0.3 is 15.5 Å². The number of rotatable bonds is 9. The zero-order chi connectivity index (χ0) is 14.1. The number of nitrogens with zero attached hydrogens (tertiary/aromatic N) is 1. The molecule has 0 bridgehead atoms. The molecule has 0 aliphatic heterocycles. The minimum atomic E-state index is -0.870. The molecule has 1 aliphatic rings. The first-order chi connectivity index (χ1) is 9.11. The highest BCUT2D eigenvalue weighted by Gasteiger charge is 2.18. The molecule has 1 saturated carbocycles. The molecule has 0 radical (unpaired) electrons. The number of carboxylic acid groups (broad SMARTS) is 1. The molecule has 0 atom stereocenters. The first-order valence-electron chi connectivity index (χ1n) is 6.96. The summed E-state index contributed by atoms with van der Waals surface area (Å²) in [6, 6.07) is 0.284. The fraction of sp³-hybridized carbons (Fsp3) is 0.846. The van der Waals surface area contributed by atoms with Gasteiger partial charge in [0.25, 0.3) is 0 Å². The number of carbonyl (C=O) groups excluding carboxylic acids is 1. The van der Waals surface area contributed by atoms with Crippen LogP contribution < -0.4 is 5.32 Å². The van der Waals surface area contributed by atoms with Crippen molar-refractivity contribution in [2.75, 3.05) is 26.2 Å². The molecule has 1 fully saturated rings. The Bertz CT molecular complexity index is 290. The van der Waals surface area contributed by atoms with Crippen molar-refractivity contribution in [3.63, 3.8) is 0 Å². The normalized spacial score (nSPS) is 15.9.